The van der Waals surface area contributed by atoms with Gasteiger partial charge >= 0.3 is 0 Å². The summed E-state index contributed by atoms with van der Waals surface area (Å²) in [6, 6.07) is 10.2. The van der Waals surface area contributed by atoms with Gasteiger partial charge in [0.25, 0.3) is 5.91 Å². The second-order valence-electron chi connectivity index (χ2n) is 5.35. The second-order valence-corrected chi connectivity index (χ2v) is 6.21. The number of halogens is 1. The summed E-state index contributed by atoms with van der Waals surface area (Å²) < 4.78 is 11.3. The molecular weight excluding hydrogens is 400 g/mol. The predicted molar refractivity (Wildman–Crippen MR) is 104 cm³/mol. The van der Waals surface area contributed by atoms with Gasteiger partial charge in [0.2, 0.25) is 0 Å². The van der Waals surface area contributed by atoms with E-state index in [0.29, 0.717) is 34.6 Å². The number of aromatic hydroxyl groups is 1. The molecule has 0 saturated heterocycles. The van der Waals surface area contributed by atoms with Crippen LogP contribution >= 0.6 is 15.9 Å². The Hall–Kier alpha value is -2.54. The zero-order chi connectivity index (χ0) is 18.9. The Labute approximate surface area is 161 Å². The van der Waals surface area contributed by atoms with Crippen molar-refractivity contribution in [3.63, 3.8) is 0 Å². The van der Waals surface area contributed by atoms with Crippen LogP contribution in [0.25, 0.3) is 0 Å². The SMILES string of the molecule is CCCOc1ccc(C(=O)N/N=C\c2cc(Br)c(O)c(OCC)c2)cc1. The molecule has 0 bridgehead atoms. The Morgan fingerprint density at radius 1 is 1.23 bits per heavy atom. The van der Waals surface area contributed by atoms with Crippen LogP contribution in [0.1, 0.15) is 36.2 Å². The van der Waals surface area contributed by atoms with Crippen LogP contribution in [-0.4, -0.2) is 30.4 Å². The minimum atomic E-state index is -0.328. The Morgan fingerprint density at radius 3 is 2.62 bits per heavy atom. The molecule has 7 heteroatoms. The fraction of sp³-hybridized carbons (Fsp3) is 0.263. The minimum absolute atomic E-state index is 0.0263. The quantitative estimate of drug-likeness (QED) is 0.497. The van der Waals surface area contributed by atoms with Crippen molar-refractivity contribution < 1.29 is 19.4 Å². The number of carbonyl (C=O) groups is 1. The lowest BCUT2D eigenvalue weighted by Gasteiger charge is -2.08. The van der Waals surface area contributed by atoms with Gasteiger partial charge in [0.05, 0.1) is 23.9 Å². The highest BCUT2D eigenvalue weighted by Gasteiger charge is 2.09. The van der Waals surface area contributed by atoms with Gasteiger partial charge in [-0.2, -0.15) is 5.10 Å². The van der Waals surface area contributed by atoms with Crippen LogP contribution in [-0.2, 0) is 0 Å². The van der Waals surface area contributed by atoms with E-state index in [2.05, 4.69) is 26.5 Å². The van der Waals surface area contributed by atoms with Gasteiger partial charge in [-0.1, -0.05) is 6.92 Å². The highest BCUT2D eigenvalue weighted by molar-refractivity contribution is 9.10. The fourth-order valence-electron chi connectivity index (χ4n) is 2.09. The van der Waals surface area contributed by atoms with Crippen molar-refractivity contribution in [3.05, 3.63) is 52.0 Å². The molecule has 0 aromatic heterocycles. The summed E-state index contributed by atoms with van der Waals surface area (Å²) in [5.74, 6) is 0.770. The van der Waals surface area contributed by atoms with Gasteiger partial charge in [0.15, 0.2) is 11.5 Å². The number of phenolic OH excluding ortho intramolecular Hbond substituents is 1. The Kier molecular flexibility index (Phi) is 7.47. The third kappa shape index (κ3) is 5.49. The molecule has 0 saturated carbocycles. The number of phenols is 1. The molecule has 26 heavy (non-hydrogen) atoms. The maximum Gasteiger partial charge on any atom is 0.271 e. The van der Waals surface area contributed by atoms with Gasteiger partial charge < -0.3 is 14.6 Å². The van der Waals surface area contributed by atoms with E-state index in [1.54, 1.807) is 36.4 Å². The molecule has 1 amide bonds. The molecule has 0 radical (unpaired) electrons. The molecule has 0 atom stereocenters. The molecule has 0 fully saturated rings. The van der Waals surface area contributed by atoms with Crippen molar-refractivity contribution in [2.24, 2.45) is 5.10 Å². The predicted octanol–water partition coefficient (Wildman–Crippen LogP) is 4.11. The first-order valence-electron chi connectivity index (χ1n) is 8.26. The summed E-state index contributed by atoms with van der Waals surface area (Å²) in [5, 5.41) is 13.8. The molecule has 0 unspecified atom stereocenters. The van der Waals surface area contributed by atoms with E-state index in [1.807, 2.05) is 13.8 Å². The third-order valence-electron chi connectivity index (χ3n) is 3.32. The molecule has 2 aromatic rings. The van der Waals surface area contributed by atoms with Crippen molar-refractivity contribution in [2.45, 2.75) is 20.3 Å². The van der Waals surface area contributed by atoms with Crippen LogP contribution in [0.15, 0.2) is 46.0 Å². The largest absolute Gasteiger partial charge is 0.503 e. The van der Waals surface area contributed by atoms with Crippen molar-refractivity contribution >= 4 is 28.1 Å². The topological polar surface area (TPSA) is 80.2 Å². The average Bonchev–Trinajstić information content (AvgIpc) is 2.64. The number of ether oxygens (including phenoxy) is 2. The maximum atomic E-state index is 12.1. The third-order valence-corrected chi connectivity index (χ3v) is 3.92. The summed E-state index contributed by atoms with van der Waals surface area (Å²) in [4.78, 5) is 12.1. The van der Waals surface area contributed by atoms with Gasteiger partial charge in [0.1, 0.15) is 5.75 Å². The number of nitrogens with one attached hydrogen (secondary N) is 1. The van der Waals surface area contributed by atoms with E-state index in [1.165, 1.54) is 6.21 Å². The smallest absolute Gasteiger partial charge is 0.271 e. The standard InChI is InChI=1S/C19H21BrN2O4/c1-3-9-26-15-7-5-14(6-8-15)19(24)22-21-12-13-10-16(20)18(23)17(11-13)25-4-2/h5-8,10-12,23H,3-4,9H2,1-2H3,(H,22,24)/b21-12-. The highest BCUT2D eigenvalue weighted by Crippen LogP contribution is 2.35. The monoisotopic (exact) mass is 420 g/mol. The van der Waals surface area contributed by atoms with Crippen molar-refractivity contribution in [1.29, 1.82) is 0 Å². The number of hydrogen-bond acceptors (Lipinski definition) is 5. The number of hydrazone groups is 1. The molecule has 2 N–H and O–H groups in total. The Morgan fingerprint density at radius 2 is 1.96 bits per heavy atom. The lowest BCUT2D eigenvalue weighted by molar-refractivity contribution is 0.0955. The second kappa shape index (κ2) is 9.82. The van der Waals surface area contributed by atoms with E-state index in [4.69, 9.17) is 9.47 Å². The van der Waals surface area contributed by atoms with Crippen LogP contribution in [0.3, 0.4) is 0 Å². The first-order valence-corrected chi connectivity index (χ1v) is 9.06. The molecule has 0 heterocycles. The van der Waals surface area contributed by atoms with E-state index in [-0.39, 0.29) is 11.7 Å². The number of carbonyl (C=O) groups excluding carboxylic acids is 1. The van der Waals surface area contributed by atoms with Crippen LogP contribution in [0.2, 0.25) is 0 Å². The summed E-state index contributed by atoms with van der Waals surface area (Å²) in [7, 11) is 0. The van der Waals surface area contributed by atoms with E-state index in [9.17, 15) is 9.90 Å². The van der Waals surface area contributed by atoms with Gasteiger partial charge in [-0.05, 0) is 71.2 Å². The minimum Gasteiger partial charge on any atom is -0.503 e. The molecule has 0 aliphatic heterocycles. The molecule has 6 nitrogen and oxygen atoms in total. The lowest BCUT2D eigenvalue weighted by Crippen LogP contribution is -2.17. The van der Waals surface area contributed by atoms with Crippen LogP contribution in [0.5, 0.6) is 17.2 Å². The van der Waals surface area contributed by atoms with Crippen molar-refractivity contribution in [1.82, 2.24) is 5.43 Å². The molecule has 0 aliphatic carbocycles. The molecule has 0 spiro atoms. The van der Waals surface area contributed by atoms with Gasteiger partial charge in [-0.25, -0.2) is 5.43 Å². The first-order chi connectivity index (χ1) is 12.5. The summed E-state index contributed by atoms with van der Waals surface area (Å²) in [6.07, 6.45) is 2.40. The van der Waals surface area contributed by atoms with Gasteiger partial charge in [-0.3, -0.25) is 4.79 Å². The number of benzene rings is 2. The summed E-state index contributed by atoms with van der Waals surface area (Å²) >= 11 is 3.26. The molecule has 2 aromatic carbocycles. The number of rotatable bonds is 8. The zero-order valence-corrected chi connectivity index (χ0v) is 16.2. The molecule has 138 valence electrons. The molecule has 0 aliphatic rings. The number of hydrogen-bond donors (Lipinski definition) is 2. The normalized spacial score (nSPS) is 10.7. The van der Waals surface area contributed by atoms with Crippen molar-refractivity contribution in [3.8, 4) is 17.2 Å². The maximum absolute atomic E-state index is 12.1. The number of amides is 1. The Bertz CT molecular complexity index is 776. The lowest BCUT2D eigenvalue weighted by atomic mass is 10.2. The van der Waals surface area contributed by atoms with Crippen LogP contribution in [0.4, 0.5) is 0 Å². The zero-order valence-electron chi connectivity index (χ0n) is 14.7. The highest BCUT2D eigenvalue weighted by atomic mass is 79.9. The van der Waals surface area contributed by atoms with E-state index in [0.717, 1.165) is 12.2 Å². The van der Waals surface area contributed by atoms with Crippen LogP contribution < -0.4 is 14.9 Å². The average molecular weight is 421 g/mol. The summed E-state index contributed by atoms with van der Waals surface area (Å²) in [5.41, 5.74) is 3.61. The molecule has 2 rings (SSSR count). The van der Waals surface area contributed by atoms with E-state index >= 15 is 0 Å². The molecular formula is C19H21BrN2O4. The van der Waals surface area contributed by atoms with E-state index < -0.39 is 0 Å². The Balaban J connectivity index is 2.00. The summed E-state index contributed by atoms with van der Waals surface area (Å²) in [6.45, 7) is 4.92. The number of nitrogens with zero attached hydrogens (tertiary/aromatic N) is 1. The van der Waals surface area contributed by atoms with Gasteiger partial charge in [-0.15, -0.1) is 0 Å². The van der Waals surface area contributed by atoms with Crippen LogP contribution in [0, 0.1) is 0 Å². The first kappa shape index (κ1) is 19.8. The van der Waals surface area contributed by atoms with Crippen molar-refractivity contribution in [2.75, 3.05) is 13.2 Å². The fourth-order valence-corrected chi connectivity index (χ4v) is 2.55. The van der Waals surface area contributed by atoms with Gasteiger partial charge in [0, 0.05) is 5.56 Å².